The Hall–Kier alpha value is -5.94. The van der Waals surface area contributed by atoms with Crippen LogP contribution >= 0.6 is 0 Å². The molecule has 0 aliphatic heterocycles. The lowest BCUT2D eigenvalue weighted by molar-refractivity contribution is -0.170. The molecule has 1 aliphatic rings. The van der Waals surface area contributed by atoms with E-state index in [0.717, 1.165) is 61.1 Å². The molecular formula is C43H56F3N7O8. The lowest BCUT2D eigenvalue weighted by Crippen LogP contribution is -2.53. The molecule has 0 unspecified atom stereocenters. The number of nitrogens with two attached hydrogens (primary N) is 2. The van der Waals surface area contributed by atoms with E-state index in [9.17, 15) is 41.9 Å². The Kier molecular flexibility index (Phi) is 15.7. The van der Waals surface area contributed by atoms with Gasteiger partial charge in [-0.1, -0.05) is 37.1 Å². The number of esters is 2. The number of hydrogen-bond donors (Lipinski definition) is 5. The van der Waals surface area contributed by atoms with Crippen LogP contribution < -0.4 is 32.6 Å². The fourth-order valence-corrected chi connectivity index (χ4v) is 6.96. The molecule has 3 aromatic rings. The molecule has 1 heterocycles. The van der Waals surface area contributed by atoms with Crippen LogP contribution in [-0.4, -0.2) is 75.6 Å². The normalized spacial score (nSPS) is 14.4. The maximum absolute atomic E-state index is 14.1. The molecule has 332 valence electrons. The Balaban J connectivity index is 1.57. The number of carbonyl (C=O) groups is 5. The fraction of sp³-hybridized carbons (Fsp3) is 0.512. The van der Waals surface area contributed by atoms with E-state index in [1.165, 1.54) is 0 Å². The van der Waals surface area contributed by atoms with Crippen molar-refractivity contribution in [2.45, 2.75) is 135 Å². The Labute approximate surface area is 352 Å². The van der Waals surface area contributed by atoms with Gasteiger partial charge < -0.3 is 36.5 Å². The summed E-state index contributed by atoms with van der Waals surface area (Å²) in [6.45, 7) is 9.59. The van der Waals surface area contributed by atoms with E-state index in [1.807, 2.05) is 24.3 Å². The van der Waals surface area contributed by atoms with Crippen molar-refractivity contribution in [2.75, 3.05) is 22.9 Å². The van der Waals surface area contributed by atoms with Crippen LogP contribution in [0, 0.1) is 0 Å². The first-order valence-electron chi connectivity index (χ1n) is 20.2. The lowest BCUT2D eigenvalue weighted by Gasteiger charge is -2.27. The third-order valence-corrected chi connectivity index (χ3v) is 9.71. The van der Waals surface area contributed by atoms with E-state index >= 15 is 0 Å². The van der Waals surface area contributed by atoms with Crippen LogP contribution in [0.5, 0.6) is 0 Å². The molecule has 0 spiro atoms. The van der Waals surface area contributed by atoms with E-state index in [1.54, 1.807) is 41.5 Å². The molecule has 0 bridgehead atoms. The van der Waals surface area contributed by atoms with Crippen LogP contribution in [0.2, 0.25) is 0 Å². The van der Waals surface area contributed by atoms with Gasteiger partial charge in [0.2, 0.25) is 11.9 Å². The van der Waals surface area contributed by atoms with Gasteiger partial charge in [0.25, 0.3) is 11.5 Å². The number of ether oxygens (including phenoxy) is 2. The highest BCUT2D eigenvalue weighted by molar-refractivity contribution is 6.00. The predicted molar refractivity (Wildman–Crippen MR) is 222 cm³/mol. The van der Waals surface area contributed by atoms with Crippen molar-refractivity contribution in [3.05, 3.63) is 81.1 Å². The minimum absolute atomic E-state index is 0.0168. The largest absolute Gasteiger partial charge is 0.471 e. The maximum atomic E-state index is 14.1. The molecule has 15 nitrogen and oxygen atoms in total. The lowest BCUT2D eigenvalue weighted by atomic mass is 9.94. The number of nitrogens with zero attached hydrogens (tertiary/aromatic N) is 2. The zero-order valence-electron chi connectivity index (χ0n) is 35.4. The quantitative estimate of drug-likeness (QED) is 0.114. The zero-order valence-corrected chi connectivity index (χ0v) is 35.4. The van der Waals surface area contributed by atoms with Gasteiger partial charge in [0, 0.05) is 30.6 Å². The van der Waals surface area contributed by atoms with Crippen molar-refractivity contribution in [2.24, 2.45) is 0 Å². The van der Waals surface area contributed by atoms with Crippen LogP contribution in [0.3, 0.4) is 0 Å². The number of H-pyrrole nitrogens is 1. The highest BCUT2D eigenvalue weighted by atomic mass is 19.4. The second-order valence-corrected chi connectivity index (χ2v) is 17.1. The minimum atomic E-state index is -5.26. The highest BCUT2D eigenvalue weighted by Gasteiger charge is 2.43. The number of halogens is 3. The Morgan fingerprint density at radius 1 is 0.902 bits per heavy atom. The van der Waals surface area contributed by atoms with Crippen molar-refractivity contribution in [3.63, 3.8) is 0 Å². The minimum Gasteiger partial charge on any atom is -0.460 e. The van der Waals surface area contributed by atoms with Crippen LogP contribution in [0.4, 0.5) is 30.6 Å². The molecule has 0 saturated heterocycles. The molecule has 2 aromatic carbocycles. The Bertz CT molecular complexity index is 2100. The van der Waals surface area contributed by atoms with Crippen molar-refractivity contribution >= 4 is 47.1 Å². The standard InChI is InChI=1S/C43H56F3N7O8/c1-41(2,3)60-33(54)21-20-31(37(57)50-32(38(58)61-42(4,5)6)24-25-11-9-14-28(23-25)26-12-7-8-13-26)49-35(55)27-16-18-29(19-17-27)53(39(59)43(44,45)46)22-10-15-30-34(47)51-40(48)52-36(30)56/h9,11,14,16-19,23,26,31-32H,7-8,10,12-13,15,20-22,24H2,1-6H3,(H,49,55)(H,50,57)(H5,47,48,51,52,56)/t31-,32-/m0/s1. The number of aromatic amines is 1. The van der Waals surface area contributed by atoms with Gasteiger partial charge in [0.05, 0.1) is 5.56 Å². The van der Waals surface area contributed by atoms with Gasteiger partial charge in [-0.05, 0) is 115 Å². The third-order valence-electron chi connectivity index (χ3n) is 9.71. The van der Waals surface area contributed by atoms with Crippen LogP contribution in [0.15, 0.2) is 53.3 Å². The Morgan fingerprint density at radius 2 is 1.54 bits per heavy atom. The zero-order chi connectivity index (χ0) is 45.3. The molecule has 0 radical (unpaired) electrons. The number of hydrogen-bond acceptors (Lipinski definition) is 11. The molecule has 7 N–H and O–H groups in total. The van der Waals surface area contributed by atoms with Gasteiger partial charge in [-0.3, -0.25) is 29.0 Å². The number of rotatable bonds is 16. The first-order valence-corrected chi connectivity index (χ1v) is 20.2. The molecule has 1 saturated carbocycles. The number of carbonyl (C=O) groups excluding carboxylic acids is 5. The molecule has 2 atom stereocenters. The van der Waals surface area contributed by atoms with Crippen LogP contribution in [0.25, 0.3) is 0 Å². The molecule has 61 heavy (non-hydrogen) atoms. The molecule has 3 amide bonds. The number of amides is 3. The van der Waals surface area contributed by atoms with Gasteiger partial charge in [-0.25, -0.2) is 4.79 Å². The third kappa shape index (κ3) is 14.6. The fourth-order valence-electron chi connectivity index (χ4n) is 6.96. The molecular weight excluding hydrogens is 800 g/mol. The molecule has 1 fully saturated rings. The summed E-state index contributed by atoms with van der Waals surface area (Å²) >= 11 is 0. The van der Waals surface area contributed by atoms with E-state index < -0.39 is 71.2 Å². The SMILES string of the molecule is CC(C)(C)OC(=O)CC[C@H](NC(=O)c1ccc(N(CCCc2c(N)nc(N)[nH]c2=O)C(=O)C(F)(F)F)cc1)C(=O)N[C@@H](Cc1cccc(C2CCCC2)c1)C(=O)OC(C)(C)C. The average Bonchev–Trinajstić information content (AvgIpc) is 3.69. The summed E-state index contributed by atoms with van der Waals surface area (Å²) in [5.74, 6) is -5.22. The molecule has 4 rings (SSSR count). The topological polar surface area (TPSA) is 229 Å². The molecule has 18 heteroatoms. The van der Waals surface area contributed by atoms with Crippen LogP contribution in [-0.2, 0) is 41.5 Å². The first-order chi connectivity index (χ1) is 28.4. The number of nitrogens with one attached hydrogen (secondary N) is 3. The van der Waals surface area contributed by atoms with Crippen molar-refractivity contribution in [1.82, 2.24) is 20.6 Å². The monoisotopic (exact) mass is 855 g/mol. The number of aromatic nitrogens is 2. The summed E-state index contributed by atoms with van der Waals surface area (Å²) < 4.78 is 52.3. The van der Waals surface area contributed by atoms with Gasteiger partial charge in [-0.2, -0.15) is 18.2 Å². The Morgan fingerprint density at radius 3 is 2.13 bits per heavy atom. The van der Waals surface area contributed by atoms with Gasteiger partial charge >= 0.3 is 24.0 Å². The molecule has 1 aromatic heterocycles. The number of alkyl halides is 3. The predicted octanol–water partition coefficient (Wildman–Crippen LogP) is 5.41. The smallest absolute Gasteiger partial charge is 0.460 e. The van der Waals surface area contributed by atoms with Crippen molar-refractivity contribution < 1.29 is 46.6 Å². The average molecular weight is 856 g/mol. The number of anilines is 3. The molecule has 1 aliphatic carbocycles. The van der Waals surface area contributed by atoms with E-state index in [-0.39, 0.29) is 60.7 Å². The first kappa shape index (κ1) is 47.7. The van der Waals surface area contributed by atoms with Crippen LogP contribution in [0.1, 0.15) is 119 Å². The summed E-state index contributed by atoms with van der Waals surface area (Å²) in [7, 11) is 0. The summed E-state index contributed by atoms with van der Waals surface area (Å²) in [6, 6.07) is 9.81. The second-order valence-electron chi connectivity index (χ2n) is 17.1. The maximum Gasteiger partial charge on any atom is 0.471 e. The number of nitrogen functional groups attached to an aromatic ring is 2. The van der Waals surface area contributed by atoms with Gasteiger partial charge in [-0.15, -0.1) is 0 Å². The summed E-state index contributed by atoms with van der Waals surface area (Å²) in [5, 5.41) is 5.31. The van der Waals surface area contributed by atoms with E-state index in [0.29, 0.717) is 10.8 Å². The summed E-state index contributed by atoms with van der Waals surface area (Å²) in [5.41, 5.74) is 10.4. The van der Waals surface area contributed by atoms with Gasteiger partial charge in [0.1, 0.15) is 29.1 Å². The second kappa shape index (κ2) is 20.1. The van der Waals surface area contributed by atoms with Crippen molar-refractivity contribution in [1.29, 1.82) is 0 Å². The van der Waals surface area contributed by atoms with E-state index in [2.05, 4.69) is 20.6 Å². The van der Waals surface area contributed by atoms with Gasteiger partial charge in [0.15, 0.2) is 0 Å². The highest BCUT2D eigenvalue weighted by Crippen LogP contribution is 2.34. The number of benzene rings is 2. The summed E-state index contributed by atoms with van der Waals surface area (Å²) in [4.78, 5) is 85.3. The van der Waals surface area contributed by atoms with E-state index in [4.69, 9.17) is 20.9 Å². The summed E-state index contributed by atoms with van der Waals surface area (Å²) in [6.07, 6.45) is -1.61. The van der Waals surface area contributed by atoms with Crippen molar-refractivity contribution in [3.8, 4) is 0 Å².